The van der Waals surface area contributed by atoms with Crippen molar-refractivity contribution in [2.75, 3.05) is 0 Å². The number of rotatable bonds is 4. The molecule has 2 aromatic heterocycles. The maximum absolute atomic E-state index is 9.08. The first kappa shape index (κ1) is 13.3. The second kappa shape index (κ2) is 5.69. The average molecular weight is 285 g/mol. The summed E-state index contributed by atoms with van der Waals surface area (Å²) in [6, 6.07) is 1.72. The minimum atomic E-state index is -0.0170. The summed E-state index contributed by atoms with van der Waals surface area (Å²) in [5.41, 5.74) is 1.63. The number of aromatic nitrogens is 4. The molecule has 0 aliphatic heterocycles. The number of hydrogen-bond acceptors (Lipinski definition) is 5. The second-order valence-corrected chi connectivity index (χ2v) is 5.12. The molecular formula is C11H13ClN4OS. The van der Waals surface area contributed by atoms with Crippen LogP contribution in [0, 0.1) is 6.92 Å². The van der Waals surface area contributed by atoms with E-state index in [9.17, 15) is 0 Å². The van der Waals surface area contributed by atoms with Gasteiger partial charge in [0.15, 0.2) is 5.16 Å². The van der Waals surface area contributed by atoms with Crippen molar-refractivity contribution < 1.29 is 5.11 Å². The van der Waals surface area contributed by atoms with Gasteiger partial charge in [-0.05, 0) is 13.0 Å². The Morgan fingerprint density at radius 2 is 2.22 bits per heavy atom. The van der Waals surface area contributed by atoms with Gasteiger partial charge < -0.3 is 9.67 Å². The lowest BCUT2D eigenvalue weighted by atomic mass is 10.4. The maximum Gasteiger partial charge on any atom is 0.168 e. The van der Waals surface area contributed by atoms with Crippen LogP contribution in [0.15, 0.2) is 17.4 Å². The van der Waals surface area contributed by atoms with Crippen molar-refractivity contribution in [3.05, 3.63) is 34.6 Å². The Balaban J connectivity index is 2.09. The van der Waals surface area contributed by atoms with Crippen molar-refractivity contribution in [2.45, 2.75) is 24.4 Å². The van der Waals surface area contributed by atoms with Crippen LogP contribution in [0.5, 0.6) is 0 Å². The van der Waals surface area contributed by atoms with Crippen LogP contribution in [0.1, 0.15) is 17.2 Å². The van der Waals surface area contributed by atoms with Crippen LogP contribution in [0.3, 0.4) is 0 Å². The van der Waals surface area contributed by atoms with Crippen molar-refractivity contribution >= 4 is 23.4 Å². The number of halogens is 1. The first-order valence-electron chi connectivity index (χ1n) is 5.34. The minimum Gasteiger partial charge on any atom is -0.390 e. The van der Waals surface area contributed by atoms with Gasteiger partial charge in [0.2, 0.25) is 0 Å². The zero-order valence-corrected chi connectivity index (χ0v) is 11.7. The van der Waals surface area contributed by atoms with Gasteiger partial charge in [0.1, 0.15) is 11.0 Å². The highest BCUT2D eigenvalue weighted by Crippen LogP contribution is 2.21. The van der Waals surface area contributed by atoms with E-state index in [4.69, 9.17) is 16.7 Å². The first-order chi connectivity index (χ1) is 8.60. The molecule has 0 unspecified atom stereocenters. The van der Waals surface area contributed by atoms with E-state index in [0.29, 0.717) is 16.7 Å². The van der Waals surface area contributed by atoms with E-state index in [1.54, 1.807) is 12.3 Å². The zero-order chi connectivity index (χ0) is 13.1. The number of aliphatic hydroxyl groups is 1. The third-order valence-electron chi connectivity index (χ3n) is 2.40. The molecule has 0 aliphatic carbocycles. The van der Waals surface area contributed by atoms with Crippen LogP contribution in [-0.4, -0.2) is 24.6 Å². The van der Waals surface area contributed by atoms with Crippen LogP contribution in [0.2, 0.25) is 5.15 Å². The van der Waals surface area contributed by atoms with Gasteiger partial charge >= 0.3 is 0 Å². The molecule has 0 fully saturated rings. The van der Waals surface area contributed by atoms with Crippen LogP contribution < -0.4 is 0 Å². The molecule has 0 spiro atoms. The molecular weight excluding hydrogens is 272 g/mol. The normalized spacial score (nSPS) is 10.9. The predicted octanol–water partition coefficient (Wildman–Crippen LogP) is 1.96. The van der Waals surface area contributed by atoms with E-state index >= 15 is 0 Å². The van der Waals surface area contributed by atoms with E-state index in [-0.39, 0.29) is 6.61 Å². The summed E-state index contributed by atoms with van der Waals surface area (Å²) in [6.07, 6.45) is 1.66. The Bertz CT molecular complexity index is 538. The summed E-state index contributed by atoms with van der Waals surface area (Å²) >= 11 is 7.39. The van der Waals surface area contributed by atoms with Gasteiger partial charge in [0, 0.05) is 12.7 Å². The number of imidazole rings is 1. The van der Waals surface area contributed by atoms with Crippen molar-refractivity contribution in [3.63, 3.8) is 0 Å². The maximum atomic E-state index is 9.08. The standard InChI is InChI=1S/C11H13ClN4OS/c1-7-3-9(12)15-10(14-7)6-18-11-13-4-8(5-17)16(11)2/h3-4,17H,5-6H2,1-2H3. The highest BCUT2D eigenvalue weighted by Gasteiger charge is 2.08. The Kier molecular flexibility index (Phi) is 4.21. The molecule has 0 amide bonds. The largest absolute Gasteiger partial charge is 0.390 e. The number of nitrogens with zero attached hydrogens (tertiary/aromatic N) is 4. The number of aryl methyl sites for hydroxylation is 1. The molecule has 0 aromatic carbocycles. The van der Waals surface area contributed by atoms with E-state index in [1.165, 1.54) is 11.8 Å². The fourth-order valence-corrected chi connectivity index (χ4v) is 2.57. The summed E-state index contributed by atoms with van der Waals surface area (Å²) < 4.78 is 1.85. The molecule has 18 heavy (non-hydrogen) atoms. The van der Waals surface area contributed by atoms with Crippen molar-refractivity contribution in [1.82, 2.24) is 19.5 Å². The Morgan fingerprint density at radius 1 is 1.44 bits per heavy atom. The van der Waals surface area contributed by atoms with Gasteiger partial charge in [0.05, 0.1) is 24.3 Å². The second-order valence-electron chi connectivity index (χ2n) is 3.79. The van der Waals surface area contributed by atoms with Gasteiger partial charge in [0.25, 0.3) is 0 Å². The molecule has 0 atom stereocenters. The molecule has 2 aromatic rings. The third kappa shape index (κ3) is 3.01. The number of aliphatic hydroxyl groups excluding tert-OH is 1. The van der Waals surface area contributed by atoms with Crippen molar-refractivity contribution in [1.29, 1.82) is 0 Å². The Labute approximate surface area is 114 Å². The van der Waals surface area contributed by atoms with Gasteiger partial charge in [-0.2, -0.15) is 0 Å². The van der Waals surface area contributed by atoms with Crippen LogP contribution in [0.25, 0.3) is 0 Å². The van der Waals surface area contributed by atoms with E-state index in [1.807, 2.05) is 18.5 Å². The summed E-state index contributed by atoms with van der Waals surface area (Å²) in [4.78, 5) is 12.7. The van der Waals surface area contributed by atoms with Crippen molar-refractivity contribution in [3.8, 4) is 0 Å². The lowest BCUT2D eigenvalue weighted by Crippen LogP contribution is -1.99. The van der Waals surface area contributed by atoms with Crippen LogP contribution in [0.4, 0.5) is 0 Å². The summed E-state index contributed by atoms with van der Waals surface area (Å²) in [5.74, 6) is 1.27. The molecule has 2 rings (SSSR count). The van der Waals surface area contributed by atoms with Gasteiger partial charge in [-0.1, -0.05) is 23.4 Å². The average Bonchev–Trinajstić information content (AvgIpc) is 2.66. The summed E-state index contributed by atoms with van der Waals surface area (Å²) in [7, 11) is 1.87. The summed E-state index contributed by atoms with van der Waals surface area (Å²) in [5, 5.41) is 10.4. The molecule has 7 heteroatoms. The molecule has 0 bridgehead atoms. The molecule has 96 valence electrons. The molecule has 5 nitrogen and oxygen atoms in total. The van der Waals surface area contributed by atoms with Crippen LogP contribution in [-0.2, 0) is 19.4 Å². The lowest BCUT2D eigenvalue weighted by molar-refractivity contribution is 0.271. The van der Waals surface area contributed by atoms with Gasteiger partial charge in [-0.25, -0.2) is 15.0 Å². The molecule has 0 saturated heterocycles. The zero-order valence-electron chi connectivity index (χ0n) is 10.1. The Morgan fingerprint density at radius 3 is 2.83 bits per heavy atom. The predicted molar refractivity (Wildman–Crippen MR) is 70.5 cm³/mol. The summed E-state index contributed by atoms with van der Waals surface area (Å²) in [6.45, 7) is 1.86. The molecule has 2 heterocycles. The van der Waals surface area contributed by atoms with E-state index in [0.717, 1.165) is 16.5 Å². The Hall–Kier alpha value is -1.11. The fraction of sp³-hybridized carbons (Fsp3) is 0.364. The molecule has 1 N–H and O–H groups in total. The monoisotopic (exact) mass is 284 g/mol. The molecule has 0 aliphatic rings. The fourth-order valence-electron chi connectivity index (χ4n) is 1.49. The van der Waals surface area contributed by atoms with Crippen LogP contribution >= 0.6 is 23.4 Å². The lowest BCUT2D eigenvalue weighted by Gasteiger charge is -2.04. The van der Waals surface area contributed by atoms with Gasteiger partial charge in [-0.15, -0.1) is 0 Å². The topological polar surface area (TPSA) is 63.8 Å². The number of thioether (sulfide) groups is 1. The third-order valence-corrected chi connectivity index (χ3v) is 3.64. The van der Waals surface area contributed by atoms with Gasteiger partial charge in [-0.3, -0.25) is 0 Å². The molecule has 0 radical (unpaired) electrons. The smallest absolute Gasteiger partial charge is 0.168 e. The number of hydrogen-bond donors (Lipinski definition) is 1. The highest BCUT2D eigenvalue weighted by atomic mass is 35.5. The van der Waals surface area contributed by atoms with E-state index < -0.39 is 0 Å². The minimum absolute atomic E-state index is 0.0170. The highest BCUT2D eigenvalue weighted by molar-refractivity contribution is 7.98. The van der Waals surface area contributed by atoms with Crippen molar-refractivity contribution in [2.24, 2.45) is 7.05 Å². The molecule has 0 saturated carbocycles. The first-order valence-corrected chi connectivity index (χ1v) is 6.71. The quantitative estimate of drug-likeness (QED) is 0.687. The SMILES string of the molecule is Cc1cc(Cl)nc(CSc2ncc(CO)n2C)n1. The van der Waals surface area contributed by atoms with E-state index in [2.05, 4.69) is 15.0 Å².